The molecule has 0 saturated carbocycles. The lowest BCUT2D eigenvalue weighted by Crippen LogP contribution is -2.17. The molecule has 25 heavy (non-hydrogen) atoms. The molecule has 2 aromatic heterocycles. The van der Waals surface area contributed by atoms with Gasteiger partial charge in [-0.3, -0.25) is 0 Å². The van der Waals surface area contributed by atoms with Crippen molar-refractivity contribution in [3.05, 3.63) is 48.3 Å². The zero-order chi connectivity index (χ0) is 17.8. The third-order valence-corrected chi connectivity index (χ3v) is 4.15. The average molecular weight is 342 g/mol. The predicted octanol–water partition coefficient (Wildman–Crippen LogP) is 2.37. The summed E-state index contributed by atoms with van der Waals surface area (Å²) >= 11 is 0. The first-order valence-corrected chi connectivity index (χ1v) is 8.01. The van der Waals surface area contributed by atoms with Crippen molar-refractivity contribution < 1.29 is 14.6 Å². The molecule has 0 radical (unpaired) electrons. The van der Waals surface area contributed by atoms with Crippen LogP contribution in [0.1, 0.15) is 17.3 Å². The first-order valence-electron chi connectivity index (χ1n) is 8.01. The van der Waals surface area contributed by atoms with Crippen LogP contribution in [-0.4, -0.2) is 45.5 Å². The molecule has 0 saturated heterocycles. The van der Waals surface area contributed by atoms with Crippen molar-refractivity contribution in [1.29, 1.82) is 0 Å². The summed E-state index contributed by atoms with van der Waals surface area (Å²) < 4.78 is 13.0. The number of ether oxygens (including phenoxy) is 2. The Bertz CT molecular complexity index is 827. The van der Waals surface area contributed by atoms with Gasteiger partial charge in [-0.2, -0.15) is 0 Å². The van der Waals surface area contributed by atoms with Gasteiger partial charge in [0.15, 0.2) is 11.5 Å². The molecule has 1 aromatic carbocycles. The van der Waals surface area contributed by atoms with E-state index < -0.39 is 0 Å². The summed E-state index contributed by atoms with van der Waals surface area (Å²) in [6.07, 6.45) is 7.59. The van der Waals surface area contributed by atoms with Crippen LogP contribution in [-0.2, 0) is 6.42 Å². The monoisotopic (exact) mass is 342 g/mol. The maximum atomic E-state index is 9.91. The van der Waals surface area contributed by atoms with Crippen LogP contribution in [0.4, 0.5) is 0 Å². The Balaban J connectivity index is 2.05. The Hall–Kier alpha value is -2.80. The van der Waals surface area contributed by atoms with Crippen LogP contribution >= 0.6 is 0 Å². The highest BCUT2D eigenvalue weighted by molar-refractivity contribution is 5.70. The van der Waals surface area contributed by atoms with E-state index in [1.54, 1.807) is 32.9 Å². The minimum Gasteiger partial charge on any atom is -0.493 e. The fraction of sp³-hybridized carbons (Fsp3) is 0.333. The SMILES string of the molecule is COc1cc(C)cc(-c2nccn2[C@H](CO)Cc2cnc[nH]2)c1OC. The fourth-order valence-corrected chi connectivity index (χ4v) is 2.99. The number of aliphatic hydroxyl groups excluding tert-OH is 1. The Morgan fingerprint density at radius 1 is 1.28 bits per heavy atom. The standard InChI is InChI=1S/C18H22N4O3/c1-12-6-15(17(25-3)16(7-12)24-2)18-20-4-5-22(18)14(10-23)8-13-9-19-11-21-13/h4-7,9,11,14,23H,8,10H2,1-3H3,(H,19,21)/t14-/m0/s1. The number of nitrogens with one attached hydrogen (secondary N) is 1. The van der Waals surface area contributed by atoms with E-state index >= 15 is 0 Å². The number of benzene rings is 1. The van der Waals surface area contributed by atoms with Crippen molar-refractivity contribution in [3.8, 4) is 22.9 Å². The van der Waals surface area contributed by atoms with E-state index in [9.17, 15) is 5.11 Å². The number of hydrogen-bond acceptors (Lipinski definition) is 5. The average Bonchev–Trinajstić information content (AvgIpc) is 3.30. The first-order chi connectivity index (χ1) is 12.2. The van der Waals surface area contributed by atoms with Gasteiger partial charge in [0.05, 0.1) is 38.8 Å². The van der Waals surface area contributed by atoms with Crippen LogP contribution in [0.25, 0.3) is 11.4 Å². The summed E-state index contributed by atoms with van der Waals surface area (Å²) in [4.78, 5) is 11.6. The second-order valence-electron chi connectivity index (χ2n) is 5.82. The van der Waals surface area contributed by atoms with Crippen LogP contribution in [0.3, 0.4) is 0 Å². The van der Waals surface area contributed by atoms with E-state index in [0.29, 0.717) is 17.9 Å². The molecule has 0 aliphatic heterocycles. The van der Waals surface area contributed by atoms with Crippen molar-refractivity contribution in [2.75, 3.05) is 20.8 Å². The molecule has 2 heterocycles. The molecule has 0 unspecified atom stereocenters. The van der Waals surface area contributed by atoms with Gasteiger partial charge >= 0.3 is 0 Å². The Morgan fingerprint density at radius 2 is 2.12 bits per heavy atom. The molecule has 0 fully saturated rings. The maximum absolute atomic E-state index is 9.91. The molecule has 0 bridgehead atoms. The number of nitrogens with zero attached hydrogens (tertiary/aromatic N) is 3. The third kappa shape index (κ3) is 3.36. The molecule has 1 atom stereocenters. The van der Waals surface area contributed by atoms with Crippen molar-refractivity contribution in [1.82, 2.24) is 19.5 Å². The van der Waals surface area contributed by atoms with Gasteiger partial charge in [-0.1, -0.05) is 0 Å². The molecule has 0 aliphatic carbocycles. The zero-order valence-electron chi connectivity index (χ0n) is 14.6. The van der Waals surface area contributed by atoms with Gasteiger partial charge in [0.2, 0.25) is 0 Å². The molecule has 3 aromatic rings. The molecule has 2 N–H and O–H groups in total. The highest BCUT2D eigenvalue weighted by atomic mass is 16.5. The quantitative estimate of drug-likeness (QED) is 0.688. The highest BCUT2D eigenvalue weighted by Gasteiger charge is 2.21. The Labute approximate surface area is 146 Å². The molecule has 0 aliphatic rings. The largest absolute Gasteiger partial charge is 0.493 e. The molecular formula is C18H22N4O3. The molecule has 3 rings (SSSR count). The van der Waals surface area contributed by atoms with E-state index in [4.69, 9.17) is 9.47 Å². The van der Waals surface area contributed by atoms with Crippen LogP contribution in [0.2, 0.25) is 0 Å². The van der Waals surface area contributed by atoms with Crippen LogP contribution in [0.15, 0.2) is 37.1 Å². The second kappa shape index (κ2) is 7.40. The number of aromatic amines is 1. The minimum absolute atomic E-state index is 0.0202. The lowest BCUT2D eigenvalue weighted by molar-refractivity contribution is 0.227. The summed E-state index contributed by atoms with van der Waals surface area (Å²) in [5.41, 5.74) is 2.82. The van der Waals surface area contributed by atoms with Gasteiger partial charge in [0.25, 0.3) is 0 Å². The maximum Gasteiger partial charge on any atom is 0.171 e. The first kappa shape index (κ1) is 17.0. The molecule has 7 heteroatoms. The van der Waals surface area contributed by atoms with Crippen LogP contribution in [0.5, 0.6) is 11.5 Å². The van der Waals surface area contributed by atoms with Gasteiger partial charge in [0.1, 0.15) is 5.82 Å². The summed E-state index contributed by atoms with van der Waals surface area (Å²) in [7, 11) is 3.22. The lowest BCUT2D eigenvalue weighted by Gasteiger charge is -2.20. The Kier molecular flexibility index (Phi) is 5.04. The second-order valence-corrected chi connectivity index (χ2v) is 5.82. The lowest BCUT2D eigenvalue weighted by atomic mass is 10.1. The number of methoxy groups -OCH3 is 2. The summed E-state index contributed by atoms with van der Waals surface area (Å²) in [6, 6.07) is 3.75. The number of hydrogen-bond donors (Lipinski definition) is 2. The molecule has 0 spiro atoms. The predicted molar refractivity (Wildman–Crippen MR) is 93.9 cm³/mol. The number of rotatable bonds is 7. The fourth-order valence-electron chi connectivity index (χ4n) is 2.99. The van der Waals surface area contributed by atoms with Crippen molar-refractivity contribution in [3.63, 3.8) is 0 Å². The van der Waals surface area contributed by atoms with Gasteiger partial charge in [-0.15, -0.1) is 0 Å². The number of H-pyrrole nitrogens is 1. The third-order valence-electron chi connectivity index (χ3n) is 4.15. The molecule has 132 valence electrons. The van der Waals surface area contributed by atoms with Crippen molar-refractivity contribution in [2.45, 2.75) is 19.4 Å². The smallest absolute Gasteiger partial charge is 0.171 e. The topological polar surface area (TPSA) is 85.2 Å². The molecule has 7 nitrogen and oxygen atoms in total. The molecular weight excluding hydrogens is 320 g/mol. The molecule has 0 amide bonds. The van der Waals surface area contributed by atoms with E-state index in [1.807, 2.05) is 29.8 Å². The number of aromatic nitrogens is 4. The summed E-state index contributed by atoms with van der Waals surface area (Å²) in [5.74, 6) is 2.00. The van der Waals surface area contributed by atoms with E-state index in [2.05, 4.69) is 15.0 Å². The number of aryl methyl sites for hydroxylation is 1. The summed E-state index contributed by atoms with van der Waals surface area (Å²) in [6.45, 7) is 1.97. The zero-order valence-corrected chi connectivity index (χ0v) is 14.6. The normalized spacial score (nSPS) is 12.2. The minimum atomic E-state index is -0.172. The van der Waals surface area contributed by atoms with Gasteiger partial charge in [0, 0.05) is 30.7 Å². The van der Waals surface area contributed by atoms with Gasteiger partial charge in [-0.25, -0.2) is 9.97 Å². The van der Waals surface area contributed by atoms with E-state index in [-0.39, 0.29) is 12.6 Å². The van der Waals surface area contributed by atoms with Crippen LogP contribution < -0.4 is 9.47 Å². The van der Waals surface area contributed by atoms with E-state index in [1.165, 1.54) is 0 Å². The van der Waals surface area contributed by atoms with E-state index in [0.717, 1.165) is 22.6 Å². The van der Waals surface area contributed by atoms with Gasteiger partial charge in [-0.05, 0) is 24.6 Å². The Morgan fingerprint density at radius 3 is 2.76 bits per heavy atom. The number of imidazole rings is 2. The van der Waals surface area contributed by atoms with Crippen molar-refractivity contribution in [2.24, 2.45) is 0 Å². The van der Waals surface area contributed by atoms with Gasteiger partial charge < -0.3 is 24.1 Å². The van der Waals surface area contributed by atoms with Crippen LogP contribution in [0, 0.1) is 6.92 Å². The summed E-state index contributed by atoms with van der Waals surface area (Å²) in [5, 5.41) is 9.91. The number of aliphatic hydroxyl groups is 1. The van der Waals surface area contributed by atoms with Crippen molar-refractivity contribution >= 4 is 0 Å². The highest BCUT2D eigenvalue weighted by Crippen LogP contribution is 2.39.